The molecule has 194 valence electrons. The standard InChI is InChI=1S/C32H34N4S2/c1-21(25-17-15-23(35(3)4)19-31(25)37)33-29-13-9-7-11-27(29)28-12-8-10-14-30(28)34-22(2)26-18-16-24(36(5)6)20-32(26)38/h7-20,37-38H,1-6H3. The summed E-state index contributed by atoms with van der Waals surface area (Å²) in [6, 6.07) is 28.9. The van der Waals surface area contributed by atoms with Crippen LogP contribution in [0.1, 0.15) is 25.0 Å². The van der Waals surface area contributed by atoms with E-state index in [1.165, 1.54) is 0 Å². The minimum absolute atomic E-state index is 0.889. The highest BCUT2D eigenvalue weighted by Gasteiger charge is 2.12. The molecule has 0 radical (unpaired) electrons. The van der Waals surface area contributed by atoms with Crippen LogP contribution in [0.3, 0.4) is 0 Å². The zero-order chi connectivity index (χ0) is 27.4. The highest BCUT2D eigenvalue weighted by Crippen LogP contribution is 2.37. The summed E-state index contributed by atoms with van der Waals surface area (Å²) in [6.07, 6.45) is 0. The maximum atomic E-state index is 5.05. The van der Waals surface area contributed by atoms with Crippen LogP contribution >= 0.6 is 25.3 Å². The molecule has 0 saturated heterocycles. The number of hydrogen-bond donors (Lipinski definition) is 2. The van der Waals surface area contributed by atoms with Gasteiger partial charge in [0.1, 0.15) is 0 Å². The monoisotopic (exact) mass is 538 g/mol. The fraction of sp³-hybridized carbons (Fsp3) is 0.188. The van der Waals surface area contributed by atoms with Crippen molar-refractivity contribution in [2.75, 3.05) is 38.0 Å². The van der Waals surface area contributed by atoms with E-state index in [1.54, 1.807) is 0 Å². The smallest absolute Gasteiger partial charge is 0.0712 e. The van der Waals surface area contributed by atoms with Gasteiger partial charge in [-0.2, -0.15) is 0 Å². The van der Waals surface area contributed by atoms with Crippen LogP contribution in [-0.2, 0) is 0 Å². The van der Waals surface area contributed by atoms with Crippen LogP contribution in [0.2, 0.25) is 0 Å². The Hall–Kier alpha value is -3.48. The summed E-state index contributed by atoms with van der Waals surface area (Å²) in [4.78, 5) is 16.0. The Morgan fingerprint density at radius 3 is 1.26 bits per heavy atom. The summed E-state index contributed by atoms with van der Waals surface area (Å²) >= 11 is 9.49. The molecule has 0 amide bonds. The van der Waals surface area contributed by atoms with Crippen molar-refractivity contribution in [1.29, 1.82) is 0 Å². The fourth-order valence-corrected chi connectivity index (χ4v) is 5.03. The quantitative estimate of drug-likeness (QED) is 0.183. The van der Waals surface area contributed by atoms with E-state index in [1.807, 2.05) is 78.4 Å². The molecule has 0 atom stereocenters. The summed E-state index contributed by atoms with van der Waals surface area (Å²) in [6.45, 7) is 4.06. The molecule has 0 heterocycles. The predicted molar refractivity (Wildman–Crippen MR) is 172 cm³/mol. The molecular weight excluding hydrogens is 505 g/mol. The zero-order valence-electron chi connectivity index (χ0n) is 22.8. The van der Waals surface area contributed by atoms with Crippen LogP contribution in [0.4, 0.5) is 22.7 Å². The Morgan fingerprint density at radius 1 is 0.553 bits per heavy atom. The van der Waals surface area contributed by atoms with Crippen molar-refractivity contribution in [3.63, 3.8) is 0 Å². The van der Waals surface area contributed by atoms with Gasteiger partial charge in [-0.05, 0) is 62.4 Å². The molecule has 0 N–H and O–H groups in total. The van der Waals surface area contributed by atoms with Crippen LogP contribution in [0.15, 0.2) is 105 Å². The number of benzene rings is 4. The second-order valence-corrected chi connectivity index (χ2v) is 10.6. The molecule has 6 heteroatoms. The van der Waals surface area contributed by atoms with Crippen molar-refractivity contribution in [2.45, 2.75) is 23.6 Å². The highest BCUT2D eigenvalue weighted by molar-refractivity contribution is 7.80. The summed E-state index contributed by atoms with van der Waals surface area (Å²) in [7, 11) is 8.10. The van der Waals surface area contributed by atoms with E-state index in [0.29, 0.717) is 0 Å². The van der Waals surface area contributed by atoms with Gasteiger partial charge in [0.15, 0.2) is 0 Å². The number of hydrogen-bond acceptors (Lipinski definition) is 6. The first kappa shape index (κ1) is 27.6. The lowest BCUT2D eigenvalue weighted by molar-refractivity contribution is 1.12. The molecule has 4 nitrogen and oxygen atoms in total. The van der Waals surface area contributed by atoms with E-state index < -0.39 is 0 Å². The molecule has 0 aliphatic carbocycles. The van der Waals surface area contributed by atoms with Gasteiger partial charge in [-0.25, -0.2) is 0 Å². The Bertz CT molecular complexity index is 1400. The summed E-state index contributed by atoms with van der Waals surface area (Å²) < 4.78 is 0. The second kappa shape index (κ2) is 11.9. The number of anilines is 2. The molecule has 0 aromatic heterocycles. The highest BCUT2D eigenvalue weighted by atomic mass is 32.1. The van der Waals surface area contributed by atoms with Crippen molar-refractivity contribution in [3.05, 3.63) is 96.1 Å². The predicted octanol–water partition coefficient (Wildman–Crippen LogP) is 8.34. The molecule has 0 fully saturated rings. The molecule has 0 unspecified atom stereocenters. The minimum Gasteiger partial charge on any atom is -0.378 e. The molecular formula is C32H34N4S2. The molecule has 0 spiro atoms. The first-order chi connectivity index (χ1) is 18.2. The Kier molecular flexibility index (Phi) is 8.65. The number of rotatable bonds is 7. The number of thiol groups is 2. The van der Waals surface area contributed by atoms with Crippen LogP contribution < -0.4 is 9.80 Å². The molecule has 0 aliphatic heterocycles. The Balaban J connectivity index is 1.75. The maximum Gasteiger partial charge on any atom is 0.0712 e. The van der Waals surface area contributed by atoms with E-state index in [-0.39, 0.29) is 0 Å². The van der Waals surface area contributed by atoms with Crippen LogP contribution in [0, 0.1) is 0 Å². The number of nitrogens with zero attached hydrogens (tertiary/aromatic N) is 4. The van der Waals surface area contributed by atoms with Crippen molar-refractivity contribution in [1.82, 2.24) is 0 Å². The molecule has 0 aliphatic rings. The van der Waals surface area contributed by atoms with Gasteiger partial charge in [0.25, 0.3) is 0 Å². The summed E-state index contributed by atoms with van der Waals surface area (Å²) in [5, 5.41) is 0. The third-order valence-corrected chi connectivity index (χ3v) is 7.19. The van der Waals surface area contributed by atoms with Crippen molar-refractivity contribution >= 4 is 59.4 Å². The van der Waals surface area contributed by atoms with Gasteiger partial charge in [0.2, 0.25) is 0 Å². The summed E-state index contributed by atoms with van der Waals surface area (Å²) in [5.74, 6) is 0. The first-order valence-electron chi connectivity index (χ1n) is 12.5. The average molecular weight is 539 g/mol. The number of aliphatic imine (C=N–C) groups is 2. The van der Waals surface area contributed by atoms with Gasteiger partial charge in [-0.1, -0.05) is 36.4 Å². The lowest BCUT2D eigenvalue weighted by Crippen LogP contribution is -2.09. The largest absolute Gasteiger partial charge is 0.378 e. The lowest BCUT2D eigenvalue weighted by atomic mass is 10.0. The molecule has 4 aromatic carbocycles. The normalized spacial score (nSPS) is 12.0. The van der Waals surface area contributed by atoms with E-state index >= 15 is 0 Å². The van der Waals surface area contributed by atoms with Gasteiger partial charge in [0, 0.05) is 83.0 Å². The van der Waals surface area contributed by atoms with Crippen molar-refractivity contribution < 1.29 is 0 Å². The number of para-hydroxylation sites is 2. The Labute approximate surface area is 237 Å². The van der Waals surface area contributed by atoms with Crippen LogP contribution in [0.5, 0.6) is 0 Å². The fourth-order valence-electron chi connectivity index (χ4n) is 4.29. The first-order valence-corrected chi connectivity index (χ1v) is 13.4. The second-order valence-electron chi connectivity index (χ2n) is 9.62. The maximum absolute atomic E-state index is 5.05. The molecule has 4 aromatic rings. The third-order valence-electron chi connectivity index (χ3n) is 6.45. The van der Waals surface area contributed by atoms with E-state index in [0.717, 1.165) is 66.2 Å². The summed E-state index contributed by atoms with van der Waals surface area (Å²) in [5.41, 5.74) is 9.88. The third kappa shape index (κ3) is 6.14. The molecule has 38 heavy (non-hydrogen) atoms. The van der Waals surface area contributed by atoms with Gasteiger partial charge in [-0.3, -0.25) is 9.98 Å². The van der Waals surface area contributed by atoms with E-state index in [9.17, 15) is 0 Å². The average Bonchev–Trinajstić information content (AvgIpc) is 2.89. The van der Waals surface area contributed by atoms with Gasteiger partial charge >= 0.3 is 0 Å². The van der Waals surface area contributed by atoms with E-state index in [4.69, 9.17) is 35.2 Å². The topological polar surface area (TPSA) is 31.2 Å². The molecule has 0 bridgehead atoms. The SMILES string of the molecule is CC(=Nc1ccccc1-c1ccccc1N=C(C)c1ccc(N(C)C)cc1S)c1ccc(N(C)C)cc1S. The Morgan fingerprint density at radius 2 is 0.921 bits per heavy atom. The van der Waals surface area contributed by atoms with Crippen molar-refractivity contribution in [2.24, 2.45) is 9.98 Å². The van der Waals surface area contributed by atoms with Crippen molar-refractivity contribution in [3.8, 4) is 11.1 Å². The lowest BCUT2D eigenvalue weighted by Gasteiger charge is -2.15. The van der Waals surface area contributed by atoms with Gasteiger partial charge < -0.3 is 9.80 Å². The van der Waals surface area contributed by atoms with E-state index in [2.05, 4.69) is 58.3 Å². The van der Waals surface area contributed by atoms with Crippen LogP contribution in [-0.4, -0.2) is 39.6 Å². The molecule has 0 saturated carbocycles. The zero-order valence-corrected chi connectivity index (χ0v) is 24.6. The minimum atomic E-state index is 0.889. The van der Waals surface area contributed by atoms with Gasteiger partial charge in [-0.15, -0.1) is 25.3 Å². The molecule has 4 rings (SSSR count). The van der Waals surface area contributed by atoms with Gasteiger partial charge in [0.05, 0.1) is 11.4 Å². The van der Waals surface area contributed by atoms with Crippen LogP contribution in [0.25, 0.3) is 11.1 Å².